The van der Waals surface area contributed by atoms with E-state index in [2.05, 4.69) is 99.9 Å². The summed E-state index contributed by atoms with van der Waals surface area (Å²) in [5.74, 6) is 5.72. The summed E-state index contributed by atoms with van der Waals surface area (Å²) in [6.07, 6.45) is 14.7. The molecule has 0 aliphatic carbocycles. The van der Waals surface area contributed by atoms with Gasteiger partial charge in [-0.3, -0.25) is 29.4 Å². The van der Waals surface area contributed by atoms with Crippen molar-refractivity contribution in [3.8, 4) is 74.1 Å². The van der Waals surface area contributed by atoms with E-state index in [-0.39, 0.29) is 34.5 Å². The molecular formula is C108H126N6O14S6. The number of phenols is 6. The third-order valence-corrected chi connectivity index (χ3v) is 37.1. The fourth-order valence-corrected chi connectivity index (χ4v) is 30.0. The van der Waals surface area contributed by atoms with Crippen LogP contribution in [-0.4, -0.2) is 156 Å². The number of hydrogen-bond donors (Lipinski definition) is 6. The summed E-state index contributed by atoms with van der Waals surface area (Å²) in [5, 5.41) is 66.5. The number of thiophene rings is 6. The molecule has 0 bridgehead atoms. The Balaban J connectivity index is 0.000000103. The molecule has 0 radical (unpaired) electrons. The molecule has 12 aromatic rings. The van der Waals surface area contributed by atoms with Crippen LogP contribution in [0, 0.1) is 26.7 Å². The number of phenolic OH excluding ortho intramolecular Hbond substituents is 6. The molecular weight excluding hydrogens is 1800 g/mol. The zero-order valence-corrected chi connectivity index (χ0v) is 84.4. The van der Waals surface area contributed by atoms with Crippen LogP contribution in [0.1, 0.15) is 218 Å². The van der Waals surface area contributed by atoms with Crippen molar-refractivity contribution in [2.45, 2.75) is 214 Å². The lowest BCUT2D eigenvalue weighted by Crippen LogP contribution is -2.39. The molecule has 6 aromatic heterocycles. The largest absolute Gasteiger partial charge is 0.504 e. The summed E-state index contributed by atoms with van der Waals surface area (Å²) >= 11 is 11.3. The normalized spacial score (nSPS) is 20.1. The van der Waals surface area contributed by atoms with Crippen molar-refractivity contribution >= 4 is 68.0 Å². The lowest BCUT2D eigenvalue weighted by atomic mass is 9.86. The monoisotopic (exact) mass is 1920 g/mol. The lowest BCUT2D eigenvalue weighted by molar-refractivity contribution is 0.161. The third kappa shape index (κ3) is 18.4. The fraction of sp³-hybridized carbons (Fsp3) is 0.444. The van der Waals surface area contributed by atoms with Crippen molar-refractivity contribution < 1.29 is 68.5 Å². The summed E-state index contributed by atoms with van der Waals surface area (Å²) in [6, 6.07) is 32.7. The maximum Gasteiger partial charge on any atom is 0.173 e. The predicted molar refractivity (Wildman–Crippen MR) is 537 cm³/mol. The molecule has 708 valence electrons. The first-order chi connectivity index (χ1) is 64.9. The Bertz CT molecular complexity index is 6300. The number of benzene rings is 6. The predicted octanol–water partition coefficient (Wildman–Crippen LogP) is 21.5. The second-order valence-corrected chi connectivity index (χ2v) is 44.9. The van der Waals surface area contributed by atoms with Crippen LogP contribution in [0.25, 0.3) is 0 Å². The molecule has 18 heterocycles. The van der Waals surface area contributed by atoms with Crippen LogP contribution in [0.4, 0.5) is 0 Å². The van der Waals surface area contributed by atoms with Crippen LogP contribution >= 0.6 is 68.0 Å². The molecule has 12 aliphatic rings. The number of aryl methyl sites for hydroxylation is 3. The van der Waals surface area contributed by atoms with Crippen molar-refractivity contribution in [1.82, 2.24) is 29.4 Å². The average Bonchev–Trinajstić information content (AvgIpc) is 1.83. The SMILES string of the molecule is CCc1csc2c1CN1CCc3cc(OC)c(O)cc3[C@@H]1C2.COCc1cc2c(s1)C[C@H]1c3cc(O)c(OC)cc3CCN1C2.COc1cc2c(cc1O)[C@@H]1Cc3sc(C)c(C)c3CN1CC2.COc1cc2c(cc1O)[C@@H]1Cc3sc(CC(C)C)cc3CN1CC2.COc1cc2c(cc1O)[C@@H]1Cc3scc(C)c3CN1CC2.COc1cc2c(s1)C[C@H]1c3cc(O)c(OC)cc3CCN1C2. The lowest BCUT2D eigenvalue weighted by Gasteiger charge is -2.41. The quantitative estimate of drug-likeness (QED) is 0.0671. The minimum Gasteiger partial charge on any atom is -0.504 e. The third-order valence-electron chi connectivity index (χ3n) is 30.0. The van der Waals surface area contributed by atoms with Crippen LogP contribution in [0.2, 0.25) is 0 Å². The second kappa shape index (κ2) is 39.6. The van der Waals surface area contributed by atoms with Crippen LogP contribution in [0.5, 0.6) is 74.1 Å². The average molecular weight is 1920 g/mol. The van der Waals surface area contributed by atoms with Crippen LogP contribution in [0.3, 0.4) is 0 Å². The molecule has 24 rings (SSSR count). The number of rotatable bonds is 12. The van der Waals surface area contributed by atoms with Crippen molar-refractivity contribution in [2.75, 3.05) is 96.1 Å². The standard InChI is InChI=1S/C20H25NO2S.C18H21NO3S.2C18H21NO2S.C17H19NO3S.C17H19NO2S/c1-12(2)6-15-7-14-11-21-5-4-13-8-19(23-3)18(22)9-16(13)17(21)10-20(14)24-15;1-21-10-13-5-12-9-19-4-3-11-6-17(22-2)16(20)7-14(11)15(19)8-18(12)23-13;1-10-11(2)22-18-8-15-13-7-16(20)17(21-3)6-12(13)4-5-19(15)9-14(10)18;1-3-11-10-22-18-8-15-13-7-16(20)17(21-2)6-12(13)4-5-19(15)9-14(11)18;1-20-15-5-10-3-4-18-9-11-6-17(21-2)22-16(11)8-13(18)12(10)7-14(15)19;1-10-9-21-17-7-14-12-6-15(19)16(20-2)5-11(12)3-4-18(14)8-13(10)17/h7-9,12,17,22H,4-6,10-11H2,1-3H3;5-7,15,20H,3-4,8-10H2,1-2H3;6-7,15,20H,4-5,8-9H2,1-3H3;6-7,10,15,20H,3-5,8-9H2,1-2H3;5-7,13,19H,3-4,8-9H2,1-2H3;5-6,9,14,19H,3-4,7-8H2,1-2H3/t17-;3*15-;13-;14-/m000000/s1. The number of aromatic hydroxyl groups is 6. The van der Waals surface area contributed by atoms with E-state index in [1.165, 1.54) is 156 Å². The Labute approximate surface area is 812 Å². The minimum atomic E-state index is 0.234. The van der Waals surface area contributed by atoms with Gasteiger partial charge in [-0.1, -0.05) is 20.8 Å². The Kier molecular flexibility index (Phi) is 27.7. The van der Waals surface area contributed by atoms with E-state index in [0.717, 1.165) is 167 Å². The number of ether oxygens (including phenoxy) is 8. The highest BCUT2D eigenvalue weighted by atomic mass is 32.1. The summed E-state index contributed by atoms with van der Waals surface area (Å²) in [6.45, 7) is 26.8. The number of methoxy groups -OCH3 is 8. The van der Waals surface area contributed by atoms with Gasteiger partial charge < -0.3 is 68.5 Å². The summed E-state index contributed by atoms with van der Waals surface area (Å²) < 4.78 is 42.2. The molecule has 0 saturated carbocycles. The fourth-order valence-electron chi connectivity index (χ4n) is 22.9. The summed E-state index contributed by atoms with van der Waals surface area (Å²) in [7, 11) is 13.1. The molecule has 0 amide bonds. The molecule has 134 heavy (non-hydrogen) atoms. The van der Waals surface area contributed by atoms with E-state index in [9.17, 15) is 30.6 Å². The van der Waals surface area contributed by atoms with E-state index in [1.54, 1.807) is 79.3 Å². The van der Waals surface area contributed by atoms with Crippen molar-refractivity contribution in [3.63, 3.8) is 0 Å². The Morgan fingerprint density at radius 3 is 1.00 bits per heavy atom. The molecule has 0 unspecified atom stereocenters. The first-order valence-corrected chi connectivity index (χ1v) is 52.3. The summed E-state index contributed by atoms with van der Waals surface area (Å²) in [5.41, 5.74) is 28.9. The van der Waals surface area contributed by atoms with Gasteiger partial charge in [-0.2, -0.15) is 0 Å². The first-order valence-electron chi connectivity index (χ1n) is 47.3. The maximum atomic E-state index is 10.2. The highest BCUT2D eigenvalue weighted by molar-refractivity contribution is 7.14. The molecule has 0 saturated heterocycles. The van der Waals surface area contributed by atoms with E-state index >= 15 is 0 Å². The number of nitrogens with zero attached hydrogens (tertiary/aromatic N) is 6. The molecule has 6 aromatic carbocycles. The van der Waals surface area contributed by atoms with E-state index in [1.807, 2.05) is 129 Å². The molecule has 20 nitrogen and oxygen atoms in total. The Hall–Kier alpha value is -9.36. The van der Waals surface area contributed by atoms with Gasteiger partial charge in [0.1, 0.15) is 0 Å². The first kappa shape index (κ1) is 93.6. The van der Waals surface area contributed by atoms with Gasteiger partial charge in [-0.05, 0) is 297 Å². The molecule has 6 atom stereocenters. The van der Waals surface area contributed by atoms with Crippen LogP contribution in [0.15, 0.2) is 102 Å². The van der Waals surface area contributed by atoms with E-state index < -0.39 is 0 Å². The van der Waals surface area contributed by atoms with Gasteiger partial charge in [0.05, 0.1) is 56.4 Å². The van der Waals surface area contributed by atoms with Gasteiger partial charge in [0.2, 0.25) is 0 Å². The second-order valence-electron chi connectivity index (χ2n) is 38.1. The van der Waals surface area contributed by atoms with Crippen LogP contribution in [-0.2, 0) is 141 Å². The molecule has 0 spiro atoms. The zero-order chi connectivity index (χ0) is 93.3. The topological polar surface area (TPSA) is 215 Å². The molecule has 0 fully saturated rings. The van der Waals surface area contributed by atoms with Gasteiger partial charge in [0.25, 0.3) is 0 Å². The van der Waals surface area contributed by atoms with Crippen LogP contribution < -0.4 is 33.2 Å². The smallest absolute Gasteiger partial charge is 0.173 e. The van der Waals surface area contributed by atoms with E-state index in [4.69, 9.17) is 37.9 Å². The summed E-state index contributed by atoms with van der Waals surface area (Å²) in [4.78, 5) is 28.5. The highest BCUT2D eigenvalue weighted by Crippen LogP contribution is 2.53. The van der Waals surface area contributed by atoms with Gasteiger partial charge in [-0.25, -0.2) is 0 Å². The Morgan fingerprint density at radius 2 is 0.642 bits per heavy atom. The maximum absolute atomic E-state index is 10.2. The number of hydrogen-bond acceptors (Lipinski definition) is 26. The highest BCUT2D eigenvalue weighted by Gasteiger charge is 2.42. The number of fused-ring (bicyclic) bond motifs is 24. The van der Waals surface area contributed by atoms with Crippen molar-refractivity contribution in [3.05, 3.63) is 262 Å². The zero-order valence-electron chi connectivity index (χ0n) is 79.5. The van der Waals surface area contributed by atoms with Gasteiger partial charge in [0.15, 0.2) is 74.1 Å². The molecule has 26 heteroatoms. The molecule has 12 aliphatic heterocycles. The minimum absolute atomic E-state index is 0.234. The van der Waals surface area contributed by atoms with Crippen molar-refractivity contribution in [1.29, 1.82) is 0 Å². The van der Waals surface area contributed by atoms with E-state index in [0.29, 0.717) is 83.3 Å². The van der Waals surface area contributed by atoms with Gasteiger partial charge in [0, 0.05) is 204 Å². The Morgan fingerprint density at radius 1 is 0.328 bits per heavy atom. The van der Waals surface area contributed by atoms with Gasteiger partial charge in [-0.15, -0.1) is 68.0 Å². The van der Waals surface area contributed by atoms with Crippen molar-refractivity contribution in [2.24, 2.45) is 5.92 Å². The molecule has 6 N–H and O–H groups in total. The van der Waals surface area contributed by atoms with Gasteiger partial charge >= 0.3 is 0 Å².